The van der Waals surface area contributed by atoms with Crippen molar-refractivity contribution in [1.82, 2.24) is 0 Å². The van der Waals surface area contributed by atoms with Gasteiger partial charge in [-0.05, 0) is 12.5 Å². The monoisotopic (exact) mass is 197 g/mol. The number of aryl methyl sites for hydroxylation is 1. The van der Waals surface area contributed by atoms with Crippen LogP contribution in [0.4, 0.5) is 5.69 Å². The molecule has 0 aliphatic carbocycles. The average molecular weight is 197 g/mol. The van der Waals surface area contributed by atoms with Gasteiger partial charge in [0.2, 0.25) is 0 Å². The van der Waals surface area contributed by atoms with E-state index < -0.39 is 18.8 Å². The summed E-state index contributed by atoms with van der Waals surface area (Å²) < 4.78 is 0. The standard InChI is InChI=1S/C10H15NO3/c1-6-3-2-4-7(9(6)11)10(14)8(13)5-12/h2-4,8,10,12-14H,5,11H2,1H3. The lowest BCUT2D eigenvalue weighted by molar-refractivity contribution is -0.0149. The molecule has 0 aliphatic rings. The molecule has 0 bridgehead atoms. The molecule has 0 radical (unpaired) electrons. The van der Waals surface area contributed by atoms with Gasteiger partial charge in [0, 0.05) is 11.3 Å². The summed E-state index contributed by atoms with van der Waals surface area (Å²) in [7, 11) is 0. The van der Waals surface area contributed by atoms with E-state index in [-0.39, 0.29) is 0 Å². The number of benzene rings is 1. The fourth-order valence-electron chi connectivity index (χ4n) is 1.27. The normalized spacial score (nSPS) is 15.1. The van der Waals surface area contributed by atoms with Crippen molar-refractivity contribution in [3.63, 3.8) is 0 Å². The van der Waals surface area contributed by atoms with Crippen molar-refractivity contribution in [2.45, 2.75) is 19.1 Å². The highest BCUT2D eigenvalue weighted by molar-refractivity contribution is 5.54. The van der Waals surface area contributed by atoms with Crippen LogP contribution in [0.1, 0.15) is 17.2 Å². The van der Waals surface area contributed by atoms with Crippen molar-refractivity contribution >= 4 is 5.69 Å². The van der Waals surface area contributed by atoms with Crippen LogP contribution in [-0.2, 0) is 0 Å². The molecule has 1 aromatic rings. The summed E-state index contributed by atoms with van der Waals surface area (Å²) in [5.74, 6) is 0. The van der Waals surface area contributed by atoms with E-state index >= 15 is 0 Å². The van der Waals surface area contributed by atoms with Gasteiger partial charge in [-0.1, -0.05) is 18.2 Å². The van der Waals surface area contributed by atoms with E-state index in [4.69, 9.17) is 10.8 Å². The zero-order chi connectivity index (χ0) is 10.7. The molecule has 0 saturated carbocycles. The third-order valence-corrected chi connectivity index (χ3v) is 2.23. The van der Waals surface area contributed by atoms with Crippen molar-refractivity contribution in [3.8, 4) is 0 Å². The first-order valence-corrected chi connectivity index (χ1v) is 4.40. The van der Waals surface area contributed by atoms with Crippen molar-refractivity contribution in [2.75, 3.05) is 12.3 Å². The highest BCUT2D eigenvalue weighted by Gasteiger charge is 2.19. The van der Waals surface area contributed by atoms with Gasteiger partial charge in [-0.2, -0.15) is 0 Å². The Labute approximate surface area is 82.6 Å². The second-order valence-electron chi connectivity index (χ2n) is 3.27. The van der Waals surface area contributed by atoms with Gasteiger partial charge in [0.1, 0.15) is 12.2 Å². The first-order valence-electron chi connectivity index (χ1n) is 4.40. The Bertz CT molecular complexity index is 314. The van der Waals surface area contributed by atoms with Gasteiger partial charge in [0.05, 0.1) is 6.61 Å². The van der Waals surface area contributed by atoms with Gasteiger partial charge in [-0.25, -0.2) is 0 Å². The van der Waals surface area contributed by atoms with Crippen LogP contribution in [-0.4, -0.2) is 28.0 Å². The number of nitrogens with two attached hydrogens (primary N) is 1. The summed E-state index contributed by atoms with van der Waals surface area (Å²) in [6.07, 6.45) is -2.33. The highest BCUT2D eigenvalue weighted by Crippen LogP contribution is 2.25. The molecule has 0 aliphatic heterocycles. The van der Waals surface area contributed by atoms with E-state index in [1.807, 2.05) is 13.0 Å². The predicted molar refractivity (Wildman–Crippen MR) is 53.6 cm³/mol. The van der Waals surface area contributed by atoms with Gasteiger partial charge in [0.15, 0.2) is 0 Å². The van der Waals surface area contributed by atoms with E-state index in [1.54, 1.807) is 12.1 Å². The second kappa shape index (κ2) is 4.41. The topological polar surface area (TPSA) is 86.7 Å². The maximum Gasteiger partial charge on any atom is 0.109 e. The predicted octanol–water partition coefficient (Wildman–Crippen LogP) is -0.0362. The minimum absolute atomic E-state index is 0.451. The van der Waals surface area contributed by atoms with Crippen LogP contribution in [0.15, 0.2) is 18.2 Å². The Morgan fingerprint density at radius 3 is 2.57 bits per heavy atom. The van der Waals surface area contributed by atoms with E-state index in [9.17, 15) is 10.2 Å². The maximum absolute atomic E-state index is 9.60. The lowest BCUT2D eigenvalue weighted by Crippen LogP contribution is -2.23. The molecule has 1 aromatic carbocycles. The first kappa shape index (κ1) is 11.0. The fraction of sp³-hybridized carbons (Fsp3) is 0.400. The Morgan fingerprint density at radius 1 is 1.36 bits per heavy atom. The molecule has 0 saturated heterocycles. The molecule has 78 valence electrons. The molecule has 0 heterocycles. The fourth-order valence-corrected chi connectivity index (χ4v) is 1.27. The van der Waals surface area contributed by atoms with Gasteiger partial charge in [-0.3, -0.25) is 0 Å². The molecule has 1 rings (SSSR count). The van der Waals surface area contributed by atoms with Crippen molar-refractivity contribution in [3.05, 3.63) is 29.3 Å². The number of para-hydroxylation sites is 1. The Morgan fingerprint density at radius 2 is 2.00 bits per heavy atom. The molecule has 0 fully saturated rings. The molecule has 4 nitrogen and oxygen atoms in total. The third-order valence-electron chi connectivity index (χ3n) is 2.23. The Kier molecular flexibility index (Phi) is 3.46. The zero-order valence-electron chi connectivity index (χ0n) is 8.01. The summed E-state index contributed by atoms with van der Waals surface area (Å²) in [5.41, 5.74) is 7.46. The number of nitrogen functional groups attached to an aromatic ring is 1. The summed E-state index contributed by atoms with van der Waals surface area (Å²) in [6, 6.07) is 5.19. The van der Waals surface area contributed by atoms with Crippen LogP contribution in [0.2, 0.25) is 0 Å². The minimum Gasteiger partial charge on any atom is -0.398 e. The maximum atomic E-state index is 9.60. The summed E-state index contributed by atoms with van der Waals surface area (Å²) in [5, 5.41) is 27.5. The Balaban J connectivity index is 3.01. The molecule has 5 N–H and O–H groups in total. The Hall–Kier alpha value is -1.10. The first-order chi connectivity index (χ1) is 6.57. The van der Waals surface area contributed by atoms with E-state index in [2.05, 4.69) is 0 Å². The SMILES string of the molecule is Cc1cccc(C(O)C(O)CO)c1N. The van der Waals surface area contributed by atoms with E-state index in [1.165, 1.54) is 0 Å². The number of hydrogen-bond acceptors (Lipinski definition) is 4. The molecule has 0 aromatic heterocycles. The summed E-state index contributed by atoms with van der Waals surface area (Å²) in [4.78, 5) is 0. The van der Waals surface area contributed by atoms with Gasteiger partial charge in [-0.15, -0.1) is 0 Å². The number of rotatable bonds is 3. The highest BCUT2D eigenvalue weighted by atomic mass is 16.4. The van der Waals surface area contributed by atoms with Crippen LogP contribution >= 0.6 is 0 Å². The van der Waals surface area contributed by atoms with Crippen molar-refractivity contribution in [1.29, 1.82) is 0 Å². The van der Waals surface area contributed by atoms with Crippen LogP contribution in [0.3, 0.4) is 0 Å². The van der Waals surface area contributed by atoms with Gasteiger partial charge in [0.25, 0.3) is 0 Å². The number of anilines is 1. The number of hydrogen-bond donors (Lipinski definition) is 4. The molecule has 0 amide bonds. The molecule has 0 spiro atoms. The molecular weight excluding hydrogens is 182 g/mol. The van der Waals surface area contributed by atoms with Crippen LogP contribution in [0, 0.1) is 6.92 Å². The number of aliphatic hydroxyl groups is 3. The largest absolute Gasteiger partial charge is 0.398 e. The van der Waals surface area contributed by atoms with E-state index in [0.29, 0.717) is 11.3 Å². The van der Waals surface area contributed by atoms with Crippen LogP contribution < -0.4 is 5.73 Å². The quantitative estimate of drug-likeness (QED) is 0.512. The molecule has 2 atom stereocenters. The van der Waals surface area contributed by atoms with Crippen molar-refractivity contribution in [2.24, 2.45) is 0 Å². The minimum atomic E-state index is -1.20. The lowest BCUT2D eigenvalue weighted by Gasteiger charge is -2.18. The molecule has 14 heavy (non-hydrogen) atoms. The lowest BCUT2D eigenvalue weighted by atomic mass is 10.0. The second-order valence-corrected chi connectivity index (χ2v) is 3.27. The van der Waals surface area contributed by atoms with Gasteiger partial charge < -0.3 is 21.1 Å². The van der Waals surface area contributed by atoms with Crippen molar-refractivity contribution < 1.29 is 15.3 Å². The smallest absolute Gasteiger partial charge is 0.109 e. The zero-order valence-corrected chi connectivity index (χ0v) is 8.01. The molecular formula is C10H15NO3. The average Bonchev–Trinajstić information content (AvgIpc) is 2.20. The van der Waals surface area contributed by atoms with Gasteiger partial charge >= 0.3 is 0 Å². The van der Waals surface area contributed by atoms with E-state index in [0.717, 1.165) is 5.56 Å². The summed E-state index contributed by atoms with van der Waals surface area (Å²) >= 11 is 0. The van der Waals surface area contributed by atoms with Crippen LogP contribution in [0.5, 0.6) is 0 Å². The summed E-state index contributed by atoms with van der Waals surface area (Å²) in [6.45, 7) is 1.32. The number of aliphatic hydroxyl groups excluding tert-OH is 3. The molecule has 4 heteroatoms. The molecule has 2 unspecified atom stereocenters. The van der Waals surface area contributed by atoms with Crippen LogP contribution in [0.25, 0.3) is 0 Å². The third kappa shape index (κ3) is 2.04.